The monoisotopic (exact) mass is 448 g/mol. The average molecular weight is 449 g/mol. The van der Waals surface area contributed by atoms with E-state index in [1.807, 2.05) is 0 Å². The van der Waals surface area contributed by atoms with Crippen LogP contribution in [-0.4, -0.2) is 41.9 Å². The summed E-state index contributed by atoms with van der Waals surface area (Å²) in [6, 6.07) is 11.1. The van der Waals surface area contributed by atoms with Gasteiger partial charge in [0.05, 0.1) is 16.3 Å². The highest BCUT2D eigenvalue weighted by Gasteiger charge is 2.26. The van der Waals surface area contributed by atoms with Gasteiger partial charge >= 0.3 is 0 Å². The van der Waals surface area contributed by atoms with Gasteiger partial charge in [0.2, 0.25) is 10.0 Å². The van der Waals surface area contributed by atoms with E-state index >= 15 is 0 Å². The molecule has 3 aromatic rings. The van der Waals surface area contributed by atoms with E-state index in [9.17, 15) is 13.2 Å². The van der Waals surface area contributed by atoms with E-state index in [4.69, 9.17) is 16.1 Å². The Hall–Kier alpha value is -2.75. The van der Waals surface area contributed by atoms with Crippen LogP contribution in [0.4, 0.5) is 5.69 Å². The minimum Gasteiger partial charge on any atom is -0.334 e. The second-order valence-corrected chi connectivity index (χ2v) is 8.69. The van der Waals surface area contributed by atoms with Crippen LogP contribution in [-0.2, 0) is 10.0 Å². The van der Waals surface area contributed by atoms with Crippen LogP contribution in [0.25, 0.3) is 11.5 Å². The summed E-state index contributed by atoms with van der Waals surface area (Å²) in [4.78, 5) is 16.9. The fourth-order valence-corrected chi connectivity index (χ4v) is 4.88. The molecule has 0 spiro atoms. The third kappa shape index (κ3) is 4.38. The quantitative estimate of drug-likeness (QED) is 0.586. The molecule has 1 aromatic heterocycles. The number of benzene rings is 2. The highest BCUT2D eigenvalue weighted by Crippen LogP contribution is 2.29. The van der Waals surface area contributed by atoms with Gasteiger partial charge in [0.1, 0.15) is 4.90 Å². The molecule has 2 aromatic carbocycles. The Bertz CT molecular complexity index is 1170. The minimum atomic E-state index is -3.82. The Morgan fingerprint density at radius 2 is 1.87 bits per heavy atom. The first-order valence-corrected chi connectivity index (χ1v) is 11.1. The normalized spacial score (nSPS) is 11.6. The highest BCUT2D eigenvalue weighted by atomic mass is 35.5. The molecule has 1 amide bonds. The summed E-state index contributed by atoms with van der Waals surface area (Å²) in [7, 11) is -3.82. The topological polar surface area (TPSA) is 105 Å². The molecule has 0 saturated heterocycles. The summed E-state index contributed by atoms with van der Waals surface area (Å²) in [6.07, 6.45) is 0. The smallest absolute Gasteiger partial charge is 0.260 e. The van der Waals surface area contributed by atoms with Crippen LogP contribution in [0.3, 0.4) is 0 Å². The van der Waals surface area contributed by atoms with E-state index in [1.54, 1.807) is 45.0 Å². The van der Waals surface area contributed by atoms with E-state index < -0.39 is 15.9 Å². The first-order valence-electron chi connectivity index (χ1n) is 9.28. The van der Waals surface area contributed by atoms with Gasteiger partial charge in [-0.15, -0.1) is 0 Å². The molecule has 0 aliphatic heterocycles. The predicted molar refractivity (Wildman–Crippen MR) is 114 cm³/mol. The number of hydrogen-bond donors (Lipinski definition) is 1. The molecule has 30 heavy (non-hydrogen) atoms. The highest BCUT2D eigenvalue weighted by molar-refractivity contribution is 7.89. The molecule has 0 atom stereocenters. The predicted octanol–water partition coefficient (Wildman–Crippen LogP) is 3.98. The van der Waals surface area contributed by atoms with Crippen molar-refractivity contribution < 1.29 is 17.7 Å². The largest absolute Gasteiger partial charge is 0.334 e. The fourth-order valence-electron chi connectivity index (χ4n) is 2.92. The molecule has 1 heterocycles. The molecular formula is C20H21ClN4O4S. The molecule has 0 unspecified atom stereocenters. The van der Waals surface area contributed by atoms with Crippen molar-refractivity contribution in [2.24, 2.45) is 0 Å². The van der Waals surface area contributed by atoms with E-state index in [1.165, 1.54) is 22.5 Å². The number of nitrogens with one attached hydrogen (secondary N) is 1. The minimum absolute atomic E-state index is 0.0557. The lowest BCUT2D eigenvalue weighted by atomic mass is 10.1. The molecule has 0 aliphatic rings. The third-order valence-corrected chi connectivity index (χ3v) is 6.98. The van der Waals surface area contributed by atoms with Crippen molar-refractivity contribution >= 4 is 33.2 Å². The SMILES string of the molecule is CCN(CC)S(=O)(=O)c1cc(C(=O)Nc2ccccc2-c2nc(C)no2)ccc1Cl. The number of rotatable bonds is 7. The first kappa shape index (κ1) is 21.9. The van der Waals surface area contributed by atoms with E-state index in [2.05, 4.69) is 15.5 Å². The number of nitrogens with zero attached hydrogens (tertiary/aromatic N) is 3. The third-order valence-electron chi connectivity index (χ3n) is 4.45. The van der Waals surface area contributed by atoms with Crippen molar-refractivity contribution in [1.29, 1.82) is 0 Å². The van der Waals surface area contributed by atoms with Crippen molar-refractivity contribution in [1.82, 2.24) is 14.4 Å². The molecule has 158 valence electrons. The number of hydrogen-bond acceptors (Lipinski definition) is 6. The zero-order valence-corrected chi connectivity index (χ0v) is 18.3. The molecule has 1 N–H and O–H groups in total. The number of anilines is 1. The summed E-state index contributed by atoms with van der Waals surface area (Å²) in [5.41, 5.74) is 1.16. The maximum Gasteiger partial charge on any atom is 0.260 e. The van der Waals surface area contributed by atoms with E-state index in [0.29, 0.717) is 30.2 Å². The Balaban J connectivity index is 1.95. The van der Waals surface area contributed by atoms with E-state index in [-0.39, 0.29) is 21.4 Å². The van der Waals surface area contributed by atoms with Gasteiger partial charge < -0.3 is 9.84 Å². The number of para-hydroxylation sites is 1. The number of carbonyl (C=O) groups excluding carboxylic acids is 1. The van der Waals surface area contributed by atoms with Gasteiger partial charge in [-0.05, 0) is 37.3 Å². The Morgan fingerprint density at radius 1 is 1.17 bits per heavy atom. The zero-order valence-electron chi connectivity index (χ0n) is 16.7. The number of carbonyl (C=O) groups is 1. The van der Waals surface area contributed by atoms with Crippen LogP contribution in [0.1, 0.15) is 30.0 Å². The average Bonchev–Trinajstić information content (AvgIpc) is 3.15. The van der Waals surface area contributed by atoms with Gasteiger partial charge in [0.15, 0.2) is 5.82 Å². The molecular weight excluding hydrogens is 428 g/mol. The van der Waals surface area contributed by atoms with Crippen LogP contribution in [0.2, 0.25) is 5.02 Å². The second-order valence-electron chi connectivity index (χ2n) is 6.38. The lowest BCUT2D eigenvalue weighted by Gasteiger charge is -2.19. The Kier molecular flexibility index (Phi) is 6.55. The van der Waals surface area contributed by atoms with Gasteiger partial charge in [-0.25, -0.2) is 8.42 Å². The molecule has 0 radical (unpaired) electrons. The number of halogens is 1. The lowest BCUT2D eigenvalue weighted by Crippen LogP contribution is -2.31. The summed E-state index contributed by atoms with van der Waals surface area (Å²) in [5.74, 6) is 0.241. The zero-order chi connectivity index (χ0) is 21.9. The summed E-state index contributed by atoms with van der Waals surface area (Å²) >= 11 is 6.15. The van der Waals surface area contributed by atoms with Crippen LogP contribution in [0.15, 0.2) is 51.9 Å². The standard InChI is InChI=1S/C20H21ClN4O4S/c1-4-25(5-2)30(27,28)18-12-14(10-11-16(18)21)19(26)23-17-9-7-6-8-15(17)20-22-13(3)24-29-20/h6-12H,4-5H2,1-3H3,(H,23,26). The molecule has 0 fully saturated rings. The summed E-state index contributed by atoms with van der Waals surface area (Å²) in [6.45, 7) is 5.76. The number of aromatic nitrogens is 2. The number of aryl methyl sites for hydroxylation is 1. The molecule has 0 saturated carbocycles. The summed E-state index contributed by atoms with van der Waals surface area (Å²) < 4.78 is 32.2. The number of amides is 1. The van der Waals surface area contributed by atoms with Crippen LogP contribution < -0.4 is 5.32 Å². The van der Waals surface area contributed by atoms with E-state index in [0.717, 1.165) is 0 Å². The van der Waals surface area contributed by atoms with Crippen LogP contribution in [0, 0.1) is 6.92 Å². The summed E-state index contributed by atoms with van der Waals surface area (Å²) in [5, 5.41) is 6.59. The Morgan fingerprint density at radius 3 is 2.50 bits per heavy atom. The molecule has 3 rings (SSSR count). The second kappa shape index (κ2) is 8.95. The maximum atomic E-state index is 12.9. The van der Waals surface area contributed by atoms with Crippen LogP contribution >= 0.6 is 11.6 Å². The van der Waals surface area contributed by atoms with Crippen LogP contribution in [0.5, 0.6) is 0 Å². The van der Waals surface area contributed by atoms with Gasteiger partial charge in [-0.2, -0.15) is 9.29 Å². The molecule has 0 bridgehead atoms. The Labute approximate surface area is 179 Å². The maximum absolute atomic E-state index is 12.9. The van der Waals surface area contributed by atoms with Gasteiger partial charge in [0.25, 0.3) is 11.8 Å². The molecule has 8 nitrogen and oxygen atoms in total. The van der Waals surface area contributed by atoms with Crippen molar-refractivity contribution in [2.75, 3.05) is 18.4 Å². The molecule has 0 aliphatic carbocycles. The van der Waals surface area contributed by atoms with Crippen molar-refractivity contribution in [3.63, 3.8) is 0 Å². The van der Waals surface area contributed by atoms with Crippen molar-refractivity contribution in [3.8, 4) is 11.5 Å². The first-order chi connectivity index (χ1) is 14.3. The fraction of sp³-hybridized carbons (Fsp3) is 0.250. The van der Waals surface area contributed by atoms with Gasteiger partial charge in [-0.1, -0.05) is 42.7 Å². The van der Waals surface area contributed by atoms with Gasteiger partial charge in [0, 0.05) is 18.7 Å². The molecule has 10 heteroatoms. The van der Waals surface area contributed by atoms with Gasteiger partial charge in [-0.3, -0.25) is 4.79 Å². The van der Waals surface area contributed by atoms with Crippen molar-refractivity contribution in [3.05, 3.63) is 58.9 Å². The van der Waals surface area contributed by atoms with Crippen molar-refractivity contribution in [2.45, 2.75) is 25.7 Å². The number of sulfonamides is 1. The lowest BCUT2D eigenvalue weighted by molar-refractivity contribution is 0.102.